The Morgan fingerprint density at radius 1 is 1.50 bits per heavy atom. The quantitative estimate of drug-likeness (QED) is 0.845. The highest BCUT2D eigenvalue weighted by molar-refractivity contribution is 9.10. The molecule has 0 aliphatic rings. The molecule has 90 valence electrons. The van der Waals surface area contributed by atoms with Crippen molar-refractivity contribution in [2.75, 3.05) is 13.1 Å². The first-order valence-electron chi connectivity index (χ1n) is 5.52. The van der Waals surface area contributed by atoms with E-state index in [1.165, 1.54) is 6.07 Å². The first-order chi connectivity index (χ1) is 7.67. The summed E-state index contributed by atoms with van der Waals surface area (Å²) >= 11 is 3.33. The predicted molar refractivity (Wildman–Crippen MR) is 68.6 cm³/mol. The van der Waals surface area contributed by atoms with Crippen LogP contribution in [0.3, 0.4) is 0 Å². The second-order valence-electron chi connectivity index (χ2n) is 3.88. The maximum atomic E-state index is 13.4. The van der Waals surface area contributed by atoms with E-state index >= 15 is 0 Å². The number of hydrogen-bond donors (Lipinski definition) is 2. The van der Waals surface area contributed by atoms with Gasteiger partial charge in [-0.2, -0.15) is 0 Å². The lowest BCUT2D eigenvalue weighted by Gasteiger charge is -2.13. The molecule has 0 saturated heterocycles. The first-order valence-corrected chi connectivity index (χ1v) is 6.31. The third-order valence-electron chi connectivity index (χ3n) is 2.67. The number of benzene rings is 1. The highest BCUT2D eigenvalue weighted by Crippen LogP contribution is 2.15. The summed E-state index contributed by atoms with van der Waals surface area (Å²) in [6.45, 7) is 4.16. The molecule has 2 nitrogen and oxygen atoms in total. The molecule has 0 fully saturated rings. The van der Waals surface area contributed by atoms with Gasteiger partial charge in [0.15, 0.2) is 0 Å². The van der Waals surface area contributed by atoms with Crippen molar-refractivity contribution in [3.63, 3.8) is 0 Å². The number of nitrogens with two attached hydrogens (primary N) is 1. The van der Waals surface area contributed by atoms with Crippen LogP contribution >= 0.6 is 15.9 Å². The topological polar surface area (TPSA) is 38.0 Å². The smallest absolute Gasteiger partial charge is 0.127 e. The van der Waals surface area contributed by atoms with Gasteiger partial charge in [0.05, 0.1) is 0 Å². The van der Waals surface area contributed by atoms with Crippen molar-refractivity contribution in [2.24, 2.45) is 11.7 Å². The van der Waals surface area contributed by atoms with Crippen LogP contribution < -0.4 is 11.1 Å². The van der Waals surface area contributed by atoms with Gasteiger partial charge in [0.1, 0.15) is 5.82 Å². The molecule has 1 aromatic carbocycles. The molecule has 0 spiro atoms. The van der Waals surface area contributed by atoms with Gasteiger partial charge in [0, 0.05) is 16.6 Å². The molecular formula is C12H18BrFN2. The Bertz CT molecular complexity index is 327. The van der Waals surface area contributed by atoms with E-state index in [9.17, 15) is 4.39 Å². The summed E-state index contributed by atoms with van der Waals surface area (Å²) in [6.07, 6.45) is 1.05. The average Bonchev–Trinajstić information content (AvgIpc) is 2.29. The number of hydrogen-bond acceptors (Lipinski definition) is 2. The van der Waals surface area contributed by atoms with Gasteiger partial charge in [0.25, 0.3) is 0 Å². The molecule has 0 aromatic heterocycles. The van der Waals surface area contributed by atoms with Gasteiger partial charge in [0.2, 0.25) is 0 Å². The van der Waals surface area contributed by atoms with Crippen molar-refractivity contribution in [2.45, 2.75) is 19.9 Å². The minimum absolute atomic E-state index is 0.170. The highest BCUT2D eigenvalue weighted by Gasteiger charge is 2.05. The van der Waals surface area contributed by atoms with E-state index < -0.39 is 0 Å². The molecule has 1 unspecified atom stereocenters. The highest BCUT2D eigenvalue weighted by atomic mass is 79.9. The van der Waals surface area contributed by atoms with Gasteiger partial charge in [-0.25, -0.2) is 4.39 Å². The Hall–Kier alpha value is -0.450. The van der Waals surface area contributed by atoms with Gasteiger partial charge >= 0.3 is 0 Å². The number of halogens is 2. The summed E-state index contributed by atoms with van der Waals surface area (Å²) in [6, 6.07) is 4.97. The molecule has 1 aromatic rings. The Morgan fingerprint density at radius 3 is 2.88 bits per heavy atom. The normalized spacial score (nSPS) is 12.8. The van der Waals surface area contributed by atoms with E-state index in [0.717, 1.165) is 17.4 Å². The zero-order valence-electron chi connectivity index (χ0n) is 9.47. The van der Waals surface area contributed by atoms with Crippen LogP contribution in [0.15, 0.2) is 22.7 Å². The largest absolute Gasteiger partial charge is 0.330 e. The minimum Gasteiger partial charge on any atom is -0.330 e. The van der Waals surface area contributed by atoms with E-state index in [1.54, 1.807) is 12.1 Å². The molecule has 4 heteroatoms. The van der Waals surface area contributed by atoms with Gasteiger partial charge in [-0.3, -0.25) is 0 Å². The van der Waals surface area contributed by atoms with Crippen molar-refractivity contribution in [3.05, 3.63) is 34.1 Å². The van der Waals surface area contributed by atoms with Crippen molar-refractivity contribution in [1.29, 1.82) is 0 Å². The maximum absolute atomic E-state index is 13.4. The molecule has 3 N–H and O–H groups in total. The molecule has 1 rings (SSSR count). The van der Waals surface area contributed by atoms with Crippen molar-refractivity contribution in [1.82, 2.24) is 5.32 Å². The van der Waals surface area contributed by atoms with Crippen LogP contribution in [0.25, 0.3) is 0 Å². The zero-order chi connectivity index (χ0) is 12.0. The molecule has 0 bridgehead atoms. The third-order valence-corrected chi connectivity index (χ3v) is 3.16. The molecule has 16 heavy (non-hydrogen) atoms. The van der Waals surface area contributed by atoms with Crippen LogP contribution in [-0.4, -0.2) is 13.1 Å². The molecule has 0 heterocycles. The second-order valence-corrected chi connectivity index (χ2v) is 4.79. The van der Waals surface area contributed by atoms with Crippen LogP contribution in [0.2, 0.25) is 0 Å². The molecule has 0 radical (unpaired) electrons. The Morgan fingerprint density at radius 2 is 2.25 bits per heavy atom. The fourth-order valence-corrected chi connectivity index (χ4v) is 1.89. The first kappa shape index (κ1) is 13.6. The number of nitrogens with one attached hydrogen (secondary N) is 1. The molecule has 0 aliphatic heterocycles. The Balaban J connectivity index is 2.45. The lowest BCUT2D eigenvalue weighted by molar-refractivity contribution is 0.466. The third kappa shape index (κ3) is 4.20. The van der Waals surface area contributed by atoms with Crippen LogP contribution in [0.4, 0.5) is 4.39 Å². The summed E-state index contributed by atoms with van der Waals surface area (Å²) in [4.78, 5) is 0. The van der Waals surface area contributed by atoms with Crippen molar-refractivity contribution in [3.8, 4) is 0 Å². The van der Waals surface area contributed by atoms with Crippen LogP contribution in [0.5, 0.6) is 0 Å². The fraction of sp³-hybridized carbons (Fsp3) is 0.500. The maximum Gasteiger partial charge on any atom is 0.127 e. The van der Waals surface area contributed by atoms with E-state index in [0.29, 0.717) is 24.6 Å². The summed E-state index contributed by atoms with van der Waals surface area (Å²) in [5, 5.41) is 3.23. The summed E-state index contributed by atoms with van der Waals surface area (Å²) < 4.78 is 14.3. The van der Waals surface area contributed by atoms with Crippen LogP contribution in [0, 0.1) is 11.7 Å². The fourth-order valence-electron chi connectivity index (χ4n) is 1.48. The summed E-state index contributed by atoms with van der Waals surface area (Å²) in [5.41, 5.74) is 6.28. The van der Waals surface area contributed by atoms with E-state index in [1.807, 2.05) is 0 Å². The lowest BCUT2D eigenvalue weighted by Crippen LogP contribution is -2.27. The van der Waals surface area contributed by atoms with Crippen molar-refractivity contribution < 1.29 is 4.39 Å². The average molecular weight is 289 g/mol. The standard InChI is InChI=1S/C12H18BrFN2/c1-2-9(6-15)7-16-8-10-5-11(13)3-4-12(10)14/h3-5,9,16H,2,6-8,15H2,1H3. The summed E-state index contributed by atoms with van der Waals surface area (Å²) in [7, 11) is 0. The van der Waals surface area contributed by atoms with Gasteiger partial charge in [-0.15, -0.1) is 0 Å². The lowest BCUT2D eigenvalue weighted by atomic mass is 10.1. The van der Waals surface area contributed by atoms with Crippen LogP contribution in [0.1, 0.15) is 18.9 Å². The summed E-state index contributed by atoms with van der Waals surface area (Å²) in [5.74, 6) is 0.298. The van der Waals surface area contributed by atoms with Crippen molar-refractivity contribution >= 4 is 15.9 Å². The SMILES string of the molecule is CCC(CN)CNCc1cc(Br)ccc1F. The van der Waals surface area contributed by atoms with E-state index in [4.69, 9.17) is 5.73 Å². The molecule has 0 saturated carbocycles. The van der Waals surface area contributed by atoms with E-state index in [-0.39, 0.29) is 5.82 Å². The Kier molecular flexibility index (Phi) is 5.95. The number of rotatable bonds is 6. The Labute approximate surface area is 105 Å². The van der Waals surface area contributed by atoms with Gasteiger partial charge in [-0.05, 0) is 37.2 Å². The minimum atomic E-state index is -0.170. The van der Waals surface area contributed by atoms with Gasteiger partial charge in [-0.1, -0.05) is 29.3 Å². The zero-order valence-corrected chi connectivity index (χ0v) is 11.1. The van der Waals surface area contributed by atoms with E-state index in [2.05, 4.69) is 28.2 Å². The molecule has 0 amide bonds. The second kappa shape index (κ2) is 6.99. The van der Waals surface area contributed by atoms with Crippen LogP contribution in [-0.2, 0) is 6.54 Å². The molecular weight excluding hydrogens is 271 g/mol. The molecule has 0 aliphatic carbocycles. The monoisotopic (exact) mass is 288 g/mol. The van der Waals surface area contributed by atoms with Gasteiger partial charge < -0.3 is 11.1 Å². The predicted octanol–water partition coefficient (Wildman–Crippen LogP) is 2.66. The molecule has 1 atom stereocenters.